The number of hydroxylamine groups is 2. The first kappa shape index (κ1) is 13.4. The minimum atomic E-state index is -0.565. The molecule has 0 radical (unpaired) electrons. The van der Waals surface area contributed by atoms with E-state index < -0.39 is 17.8 Å². The highest BCUT2D eigenvalue weighted by molar-refractivity contribution is 14.1. The van der Waals surface area contributed by atoms with Crippen LogP contribution in [0.15, 0.2) is 0 Å². The van der Waals surface area contributed by atoms with Crippen LogP contribution in [0.2, 0.25) is 0 Å². The Bertz CT molecular complexity index is 279. The molecule has 0 spiro atoms. The van der Waals surface area contributed by atoms with Gasteiger partial charge in [-0.25, -0.2) is 4.79 Å². The highest BCUT2D eigenvalue weighted by Gasteiger charge is 2.32. The molecule has 16 heavy (non-hydrogen) atoms. The van der Waals surface area contributed by atoms with E-state index in [2.05, 4.69) is 32.7 Å². The van der Waals surface area contributed by atoms with Gasteiger partial charge in [-0.2, -0.15) is 0 Å². The van der Waals surface area contributed by atoms with Crippen molar-refractivity contribution in [2.75, 3.05) is 17.5 Å². The Hall–Kier alpha value is -0.700. The van der Waals surface area contributed by atoms with Crippen LogP contribution in [0.3, 0.4) is 0 Å². The van der Waals surface area contributed by atoms with Gasteiger partial charge in [0.05, 0.1) is 6.42 Å². The van der Waals surface area contributed by atoms with E-state index in [0.717, 1.165) is 11.0 Å². The first-order chi connectivity index (χ1) is 7.65. The highest BCUT2D eigenvalue weighted by atomic mass is 127. The summed E-state index contributed by atoms with van der Waals surface area (Å²) in [6.07, 6.45) is 0.395. The van der Waals surface area contributed by atoms with Gasteiger partial charge in [0, 0.05) is 30.4 Å². The van der Waals surface area contributed by atoms with E-state index in [1.165, 1.54) is 0 Å². The maximum absolute atomic E-state index is 11.2. The Labute approximate surface area is 107 Å². The second kappa shape index (κ2) is 6.79. The molecule has 0 aliphatic carbocycles. The third kappa shape index (κ3) is 4.05. The lowest BCUT2D eigenvalue weighted by Crippen LogP contribution is -2.33. The summed E-state index contributed by atoms with van der Waals surface area (Å²) >= 11 is 2.21. The van der Waals surface area contributed by atoms with Crippen LogP contribution in [0, 0.1) is 0 Å². The number of nitrogens with zero attached hydrogens (tertiary/aromatic N) is 1. The fourth-order valence-electron chi connectivity index (χ4n) is 1.19. The lowest BCUT2D eigenvalue weighted by molar-refractivity contribution is -0.197. The van der Waals surface area contributed by atoms with E-state index in [0.29, 0.717) is 11.6 Å². The summed E-state index contributed by atoms with van der Waals surface area (Å²) in [5.41, 5.74) is 0. The lowest BCUT2D eigenvalue weighted by atomic mass is 10.4. The molecule has 0 bridgehead atoms. The molecule has 1 rings (SSSR count). The van der Waals surface area contributed by atoms with Crippen LogP contribution in [0.4, 0.5) is 0 Å². The molecule has 1 saturated heterocycles. The van der Waals surface area contributed by atoms with Gasteiger partial charge in [0.1, 0.15) is 0 Å². The topological polar surface area (TPSA) is 75.7 Å². The number of imide groups is 1. The summed E-state index contributed by atoms with van der Waals surface area (Å²) < 4.78 is 0.954. The zero-order chi connectivity index (χ0) is 12.0. The average molecular weight is 340 g/mol. The maximum atomic E-state index is 11.2. The molecule has 0 saturated carbocycles. The average Bonchev–Trinajstić information content (AvgIpc) is 2.56. The molecule has 2 amide bonds. The summed E-state index contributed by atoms with van der Waals surface area (Å²) in [7, 11) is 0. The van der Waals surface area contributed by atoms with Crippen LogP contribution in [-0.2, 0) is 19.2 Å². The Morgan fingerprint density at radius 2 is 1.94 bits per heavy atom. The smallest absolute Gasteiger partial charge is 0.330 e. The van der Waals surface area contributed by atoms with Crippen LogP contribution in [-0.4, -0.2) is 40.4 Å². The Kier molecular flexibility index (Phi) is 5.67. The van der Waals surface area contributed by atoms with Gasteiger partial charge in [0.15, 0.2) is 0 Å². The number of hydrogen-bond donors (Lipinski definition) is 1. The van der Waals surface area contributed by atoms with Crippen molar-refractivity contribution in [1.82, 2.24) is 10.4 Å². The Balaban J connectivity index is 2.23. The van der Waals surface area contributed by atoms with E-state index in [-0.39, 0.29) is 19.3 Å². The molecule has 6 nitrogen and oxygen atoms in total. The van der Waals surface area contributed by atoms with E-state index >= 15 is 0 Å². The molecule has 1 fully saturated rings. The summed E-state index contributed by atoms with van der Waals surface area (Å²) in [6, 6.07) is 0. The van der Waals surface area contributed by atoms with E-state index in [4.69, 9.17) is 0 Å². The second-order valence-electron chi connectivity index (χ2n) is 3.23. The van der Waals surface area contributed by atoms with Crippen molar-refractivity contribution in [2.45, 2.75) is 19.3 Å². The minimum Gasteiger partial charge on any atom is -0.330 e. The summed E-state index contributed by atoms with van der Waals surface area (Å²) in [4.78, 5) is 38.1. The van der Waals surface area contributed by atoms with Crippen molar-refractivity contribution in [2.24, 2.45) is 0 Å². The molecular formula is C9H13IN2O4. The van der Waals surface area contributed by atoms with E-state index in [1.807, 2.05) is 0 Å². The molecule has 7 heteroatoms. The zero-order valence-electron chi connectivity index (χ0n) is 8.70. The Morgan fingerprint density at radius 3 is 2.50 bits per heavy atom. The van der Waals surface area contributed by atoms with Gasteiger partial charge in [-0.3, -0.25) is 9.59 Å². The third-order valence-corrected chi connectivity index (χ3v) is 2.52. The first-order valence-corrected chi connectivity index (χ1v) is 6.51. The number of hydrogen-bond acceptors (Lipinski definition) is 5. The summed E-state index contributed by atoms with van der Waals surface area (Å²) in [6.45, 7) is 1.30. The third-order valence-electron chi connectivity index (χ3n) is 1.98. The summed E-state index contributed by atoms with van der Waals surface area (Å²) in [5, 5.41) is 3.59. The van der Waals surface area contributed by atoms with Crippen LogP contribution in [0.5, 0.6) is 0 Å². The quantitative estimate of drug-likeness (QED) is 0.319. The molecule has 1 N–H and O–H groups in total. The number of rotatable bonds is 6. The fraction of sp³-hybridized carbons (Fsp3) is 0.667. The molecule has 1 aliphatic rings. The van der Waals surface area contributed by atoms with Crippen molar-refractivity contribution in [3.8, 4) is 0 Å². The monoisotopic (exact) mass is 340 g/mol. The fourth-order valence-corrected chi connectivity index (χ4v) is 1.57. The SMILES string of the molecule is O=C(CCNCCI)ON1C(=O)CCC1=O. The molecule has 90 valence electrons. The first-order valence-electron chi connectivity index (χ1n) is 4.98. The molecule has 0 unspecified atom stereocenters. The van der Waals surface area contributed by atoms with Crippen molar-refractivity contribution in [1.29, 1.82) is 0 Å². The van der Waals surface area contributed by atoms with Crippen molar-refractivity contribution >= 4 is 40.4 Å². The van der Waals surface area contributed by atoms with Crippen molar-refractivity contribution in [3.05, 3.63) is 0 Å². The van der Waals surface area contributed by atoms with Gasteiger partial charge >= 0.3 is 5.97 Å². The van der Waals surface area contributed by atoms with Gasteiger partial charge in [-0.05, 0) is 0 Å². The molecule has 1 aliphatic heterocycles. The number of carbonyl (C=O) groups is 3. The van der Waals surface area contributed by atoms with Gasteiger partial charge in [0.25, 0.3) is 11.8 Å². The van der Waals surface area contributed by atoms with E-state index in [9.17, 15) is 14.4 Å². The maximum Gasteiger partial charge on any atom is 0.334 e. The van der Waals surface area contributed by atoms with Crippen LogP contribution in [0.25, 0.3) is 0 Å². The predicted molar refractivity (Wildman–Crippen MR) is 63.6 cm³/mol. The second-order valence-corrected chi connectivity index (χ2v) is 4.31. The van der Waals surface area contributed by atoms with Crippen molar-refractivity contribution in [3.63, 3.8) is 0 Å². The largest absolute Gasteiger partial charge is 0.334 e. The van der Waals surface area contributed by atoms with Gasteiger partial charge < -0.3 is 10.2 Å². The molecular weight excluding hydrogens is 327 g/mol. The van der Waals surface area contributed by atoms with E-state index in [1.54, 1.807) is 0 Å². The van der Waals surface area contributed by atoms with Crippen LogP contribution in [0.1, 0.15) is 19.3 Å². The number of halogens is 1. The van der Waals surface area contributed by atoms with Crippen LogP contribution >= 0.6 is 22.6 Å². The summed E-state index contributed by atoms with van der Waals surface area (Å²) in [5.74, 6) is -1.46. The molecule has 1 heterocycles. The number of amides is 2. The zero-order valence-corrected chi connectivity index (χ0v) is 10.9. The van der Waals surface area contributed by atoms with Gasteiger partial charge in [-0.1, -0.05) is 22.6 Å². The van der Waals surface area contributed by atoms with Gasteiger partial charge in [-0.15, -0.1) is 5.06 Å². The number of carbonyl (C=O) groups excluding carboxylic acids is 3. The van der Waals surface area contributed by atoms with Gasteiger partial charge in [0.2, 0.25) is 0 Å². The number of alkyl halides is 1. The lowest BCUT2D eigenvalue weighted by Gasteiger charge is -2.12. The highest BCUT2D eigenvalue weighted by Crippen LogP contribution is 2.12. The Morgan fingerprint density at radius 1 is 1.31 bits per heavy atom. The molecule has 0 atom stereocenters. The molecule has 0 aromatic rings. The molecule has 0 aromatic carbocycles. The molecule has 0 aromatic heterocycles. The van der Waals surface area contributed by atoms with Crippen LogP contribution < -0.4 is 5.32 Å². The standard InChI is InChI=1S/C9H13IN2O4/c10-4-6-11-5-3-9(15)16-12-7(13)1-2-8(12)14/h11H,1-6H2. The minimum absolute atomic E-state index is 0.124. The predicted octanol–water partition coefficient (Wildman–Crippen LogP) is 0.00830. The normalized spacial score (nSPS) is 15.7. The van der Waals surface area contributed by atoms with Crippen molar-refractivity contribution < 1.29 is 19.2 Å². The number of nitrogens with one attached hydrogen (secondary N) is 1.